The van der Waals surface area contributed by atoms with Crippen LogP contribution in [0.15, 0.2) is 53.4 Å². The highest BCUT2D eigenvalue weighted by atomic mass is 35.5. The van der Waals surface area contributed by atoms with Gasteiger partial charge in [-0.3, -0.25) is 19.3 Å². The first-order chi connectivity index (χ1) is 14.2. The molecule has 1 aliphatic rings. The van der Waals surface area contributed by atoms with Gasteiger partial charge in [0.2, 0.25) is 5.91 Å². The fraction of sp³-hybridized carbons (Fsp3) is 0.190. The van der Waals surface area contributed by atoms with E-state index in [4.69, 9.17) is 11.6 Å². The number of phenols is 1. The molecular formula is C21H19ClN2O5S. The molecule has 0 saturated carbocycles. The highest BCUT2D eigenvalue weighted by molar-refractivity contribution is 8.18. The van der Waals surface area contributed by atoms with Gasteiger partial charge in [-0.2, -0.15) is 0 Å². The first-order valence-corrected chi connectivity index (χ1v) is 10.2. The SMILES string of the molecule is CN(C[C@H](O)c1ccc(O)cc1)C(=O)CN1C(=O)S/C(=C\c2cccc(Cl)c2)C1=O. The van der Waals surface area contributed by atoms with Gasteiger partial charge >= 0.3 is 0 Å². The van der Waals surface area contributed by atoms with Gasteiger partial charge in [0.25, 0.3) is 11.1 Å². The fourth-order valence-corrected chi connectivity index (χ4v) is 3.84. The number of hydrogen-bond acceptors (Lipinski definition) is 6. The van der Waals surface area contributed by atoms with Crippen LogP contribution in [0.25, 0.3) is 6.08 Å². The second-order valence-electron chi connectivity index (χ2n) is 6.70. The van der Waals surface area contributed by atoms with Crippen LogP contribution < -0.4 is 0 Å². The maximum atomic E-state index is 12.6. The molecule has 1 fully saturated rings. The number of carbonyl (C=O) groups excluding carboxylic acids is 3. The topological polar surface area (TPSA) is 98.2 Å². The molecule has 9 heteroatoms. The van der Waals surface area contributed by atoms with Crippen LogP contribution in [-0.4, -0.2) is 57.2 Å². The Kier molecular flexibility index (Phi) is 6.81. The lowest BCUT2D eigenvalue weighted by Gasteiger charge is -2.23. The maximum Gasteiger partial charge on any atom is 0.294 e. The number of benzene rings is 2. The number of amides is 3. The molecule has 0 bridgehead atoms. The minimum absolute atomic E-state index is 0.0296. The molecule has 0 unspecified atom stereocenters. The van der Waals surface area contributed by atoms with Gasteiger partial charge in [-0.25, -0.2) is 0 Å². The number of rotatable bonds is 6. The zero-order valence-corrected chi connectivity index (χ0v) is 17.6. The number of hydrogen-bond donors (Lipinski definition) is 2. The van der Waals surface area contributed by atoms with Crippen molar-refractivity contribution >= 4 is 46.5 Å². The lowest BCUT2D eigenvalue weighted by molar-refractivity contribution is -0.135. The predicted molar refractivity (Wildman–Crippen MR) is 115 cm³/mol. The minimum Gasteiger partial charge on any atom is -0.508 e. The third kappa shape index (κ3) is 5.21. The lowest BCUT2D eigenvalue weighted by Crippen LogP contribution is -2.41. The van der Waals surface area contributed by atoms with Crippen molar-refractivity contribution in [2.45, 2.75) is 6.10 Å². The molecule has 1 heterocycles. The van der Waals surface area contributed by atoms with Crippen molar-refractivity contribution in [1.82, 2.24) is 9.80 Å². The van der Waals surface area contributed by atoms with Gasteiger partial charge in [0.05, 0.1) is 17.6 Å². The van der Waals surface area contributed by atoms with Crippen LogP contribution in [0.3, 0.4) is 0 Å². The van der Waals surface area contributed by atoms with Crippen LogP contribution in [0, 0.1) is 0 Å². The van der Waals surface area contributed by atoms with E-state index in [1.807, 2.05) is 0 Å². The first kappa shape index (κ1) is 21.9. The van der Waals surface area contributed by atoms with Crippen molar-refractivity contribution in [2.75, 3.05) is 20.1 Å². The first-order valence-electron chi connectivity index (χ1n) is 8.96. The summed E-state index contributed by atoms with van der Waals surface area (Å²) in [5.74, 6) is -0.967. The summed E-state index contributed by atoms with van der Waals surface area (Å²) >= 11 is 6.70. The number of aromatic hydroxyl groups is 1. The summed E-state index contributed by atoms with van der Waals surface area (Å²) in [5, 5.41) is 19.6. The van der Waals surface area contributed by atoms with Crippen LogP contribution in [0.1, 0.15) is 17.2 Å². The Morgan fingerprint density at radius 3 is 2.60 bits per heavy atom. The molecule has 0 radical (unpaired) electrons. The van der Waals surface area contributed by atoms with E-state index in [2.05, 4.69) is 0 Å². The van der Waals surface area contributed by atoms with Crippen LogP contribution in [0.5, 0.6) is 5.75 Å². The quantitative estimate of drug-likeness (QED) is 0.661. The second kappa shape index (κ2) is 9.34. The molecular weight excluding hydrogens is 428 g/mol. The summed E-state index contributed by atoms with van der Waals surface area (Å²) in [7, 11) is 1.48. The Morgan fingerprint density at radius 2 is 1.93 bits per heavy atom. The molecule has 3 amide bonds. The average Bonchev–Trinajstić information content (AvgIpc) is 2.95. The molecule has 2 N–H and O–H groups in total. The third-order valence-corrected chi connectivity index (χ3v) is 5.61. The number of halogens is 1. The van der Waals surface area contributed by atoms with E-state index >= 15 is 0 Å². The highest BCUT2D eigenvalue weighted by Gasteiger charge is 2.37. The smallest absolute Gasteiger partial charge is 0.294 e. The molecule has 0 spiro atoms. The van der Waals surface area contributed by atoms with Crippen molar-refractivity contribution in [2.24, 2.45) is 0 Å². The van der Waals surface area contributed by atoms with Crippen molar-refractivity contribution in [3.8, 4) is 5.75 Å². The largest absolute Gasteiger partial charge is 0.508 e. The summed E-state index contributed by atoms with van der Waals surface area (Å²) in [6.07, 6.45) is 0.580. The van der Waals surface area contributed by atoms with E-state index in [-0.39, 0.29) is 17.2 Å². The van der Waals surface area contributed by atoms with Crippen LogP contribution in [0.2, 0.25) is 5.02 Å². The number of imide groups is 1. The van der Waals surface area contributed by atoms with Gasteiger partial charge in [-0.05, 0) is 53.2 Å². The molecule has 7 nitrogen and oxygen atoms in total. The highest BCUT2D eigenvalue weighted by Crippen LogP contribution is 2.32. The minimum atomic E-state index is -0.975. The number of aliphatic hydroxyl groups excluding tert-OH is 1. The molecule has 3 rings (SSSR count). The van der Waals surface area contributed by atoms with E-state index in [0.717, 1.165) is 16.7 Å². The molecule has 0 aromatic heterocycles. The Morgan fingerprint density at radius 1 is 1.23 bits per heavy atom. The van der Waals surface area contributed by atoms with E-state index in [9.17, 15) is 24.6 Å². The van der Waals surface area contributed by atoms with Gasteiger partial charge in [0.15, 0.2) is 0 Å². The summed E-state index contributed by atoms with van der Waals surface area (Å²) in [4.78, 5) is 39.7. The normalized spacial score (nSPS) is 16.2. The van der Waals surface area contributed by atoms with Gasteiger partial charge in [0.1, 0.15) is 12.3 Å². The molecule has 1 aliphatic heterocycles. The second-order valence-corrected chi connectivity index (χ2v) is 8.13. The number of phenolic OH excluding ortho intramolecular Hbond substituents is 1. The lowest BCUT2D eigenvalue weighted by atomic mass is 10.1. The summed E-state index contributed by atoms with van der Waals surface area (Å²) < 4.78 is 0. The Labute approximate surface area is 182 Å². The maximum absolute atomic E-state index is 12.6. The van der Waals surface area contributed by atoms with Gasteiger partial charge < -0.3 is 15.1 Å². The fourth-order valence-electron chi connectivity index (χ4n) is 2.80. The van der Waals surface area contributed by atoms with E-state index in [1.165, 1.54) is 24.1 Å². The number of likely N-dealkylation sites (N-methyl/N-ethyl adjacent to an activating group) is 1. The molecule has 156 valence electrons. The molecule has 0 aliphatic carbocycles. The van der Waals surface area contributed by atoms with E-state index < -0.39 is 29.7 Å². The standard InChI is InChI=1S/C21H19ClN2O5S/c1-23(11-17(26)14-5-7-16(25)8-6-14)19(27)12-24-20(28)18(30-21(24)29)10-13-3-2-4-15(22)9-13/h2-10,17,25-26H,11-12H2,1H3/b18-10-/t17-/m0/s1. The van der Waals surface area contributed by atoms with Gasteiger partial charge in [-0.15, -0.1) is 0 Å². The number of aliphatic hydroxyl groups is 1. The van der Waals surface area contributed by atoms with Crippen LogP contribution in [0.4, 0.5) is 4.79 Å². The number of thioether (sulfide) groups is 1. The summed E-state index contributed by atoms with van der Waals surface area (Å²) in [5.41, 5.74) is 1.21. The molecule has 2 aromatic rings. The zero-order valence-electron chi connectivity index (χ0n) is 16.0. The van der Waals surface area contributed by atoms with Gasteiger partial charge in [-0.1, -0.05) is 35.9 Å². The van der Waals surface area contributed by atoms with Crippen LogP contribution >= 0.6 is 23.4 Å². The van der Waals surface area contributed by atoms with E-state index in [0.29, 0.717) is 16.1 Å². The van der Waals surface area contributed by atoms with Crippen molar-refractivity contribution in [1.29, 1.82) is 0 Å². The Balaban J connectivity index is 1.63. The summed E-state index contributed by atoms with van der Waals surface area (Å²) in [6, 6.07) is 12.8. The van der Waals surface area contributed by atoms with Gasteiger partial charge in [0, 0.05) is 12.1 Å². The number of carbonyl (C=O) groups is 3. The molecule has 30 heavy (non-hydrogen) atoms. The van der Waals surface area contributed by atoms with Crippen molar-refractivity contribution in [3.05, 3.63) is 69.6 Å². The molecule has 1 saturated heterocycles. The third-order valence-electron chi connectivity index (χ3n) is 4.46. The Hall–Kier alpha value is -2.81. The predicted octanol–water partition coefficient (Wildman–Crippen LogP) is 3.27. The van der Waals surface area contributed by atoms with Crippen molar-refractivity contribution < 1.29 is 24.6 Å². The molecule has 2 aromatic carbocycles. The summed E-state index contributed by atoms with van der Waals surface area (Å²) in [6.45, 7) is -0.450. The number of nitrogens with zero attached hydrogens (tertiary/aromatic N) is 2. The molecule has 1 atom stereocenters. The average molecular weight is 447 g/mol. The van der Waals surface area contributed by atoms with Crippen LogP contribution in [-0.2, 0) is 9.59 Å². The van der Waals surface area contributed by atoms with E-state index in [1.54, 1.807) is 42.5 Å². The Bertz CT molecular complexity index is 1010. The zero-order chi connectivity index (χ0) is 21.8. The monoisotopic (exact) mass is 446 g/mol. The van der Waals surface area contributed by atoms with Crippen molar-refractivity contribution in [3.63, 3.8) is 0 Å².